The fourth-order valence-corrected chi connectivity index (χ4v) is 3.23. The van der Waals surface area contributed by atoms with E-state index < -0.39 is 5.60 Å². The van der Waals surface area contributed by atoms with Gasteiger partial charge in [-0.1, -0.05) is 6.07 Å². The van der Waals surface area contributed by atoms with Crippen LogP contribution in [-0.2, 0) is 5.60 Å². The molecular formula is C22H20FN3O2. The van der Waals surface area contributed by atoms with E-state index in [2.05, 4.69) is 9.97 Å². The van der Waals surface area contributed by atoms with Crippen LogP contribution in [0.3, 0.4) is 0 Å². The van der Waals surface area contributed by atoms with Crippen molar-refractivity contribution in [3.63, 3.8) is 0 Å². The Labute approximate surface area is 162 Å². The van der Waals surface area contributed by atoms with Crippen molar-refractivity contribution in [2.75, 3.05) is 7.11 Å². The fourth-order valence-electron chi connectivity index (χ4n) is 3.23. The third kappa shape index (κ3) is 3.12. The van der Waals surface area contributed by atoms with Crippen molar-refractivity contribution in [1.82, 2.24) is 14.5 Å². The smallest absolute Gasteiger partial charge is 0.221 e. The lowest BCUT2D eigenvalue weighted by Gasteiger charge is -2.17. The maximum absolute atomic E-state index is 14.6. The van der Waals surface area contributed by atoms with Crippen LogP contribution in [0.15, 0.2) is 61.1 Å². The summed E-state index contributed by atoms with van der Waals surface area (Å²) in [6.45, 7) is 3.47. The molecule has 0 atom stereocenters. The van der Waals surface area contributed by atoms with Crippen LogP contribution in [0.25, 0.3) is 27.8 Å². The first-order chi connectivity index (χ1) is 13.4. The number of benzene rings is 2. The van der Waals surface area contributed by atoms with Gasteiger partial charge in [-0.05, 0) is 61.9 Å². The first-order valence-electron chi connectivity index (χ1n) is 8.88. The Morgan fingerprint density at radius 3 is 2.61 bits per heavy atom. The van der Waals surface area contributed by atoms with Gasteiger partial charge >= 0.3 is 0 Å². The summed E-state index contributed by atoms with van der Waals surface area (Å²) in [4.78, 5) is 8.61. The van der Waals surface area contributed by atoms with Crippen molar-refractivity contribution in [2.45, 2.75) is 19.4 Å². The van der Waals surface area contributed by atoms with Crippen LogP contribution in [0.5, 0.6) is 5.88 Å². The number of fused-ring (bicyclic) bond motifs is 1. The minimum atomic E-state index is -0.947. The Bertz CT molecular complexity index is 1160. The van der Waals surface area contributed by atoms with Crippen molar-refractivity contribution in [1.29, 1.82) is 0 Å². The average molecular weight is 377 g/mol. The molecule has 6 heteroatoms. The highest BCUT2D eigenvalue weighted by molar-refractivity contribution is 5.79. The number of halogens is 1. The second-order valence-electron chi connectivity index (χ2n) is 7.10. The van der Waals surface area contributed by atoms with E-state index in [0.717, 1.165) is 22.3 Å². The zero-order valence-electron chi connectivity index (χ0n) is 15.8. The van der Waals surface area contributed by atoms with Gasteiger partial charge in [0.05, 0.1) is 23.7 Å². The van der Waals surface area contributed by atoms with Gasteiger partial charge in [-0.3, -0.25) is 4.57 Å². The van der Waals surface area contributed by atoms with Crippen LogP contribution in [0.4, 0.5) is 4.39 Å². The van der Waals surface area contributed by atoms with Crippen molar-refractivity contribution in [2.24, 2.45) is 0 Å². The summed E-state index contributed by atoms with van der Waals surface area (Å²) in [7, 11) is 1.51. The van der Waals surface area contributed by atoms with Gasteiger partial charge in [0.25, 0.3) is 0 Å². The second kappa shape index (κ2) is 6.73. The maximum atomic E-state index is 14.6. The predicted octanol–water partition coefficient (Wildman–Crippen LogP) is 4.46. The first kappa shape index (κ1) is 18.1. The minimum absolute atomic E-state index is 0.358. The van der Waals surface area contributed by atoms with Crippen molar-refractivity contribution in [3.05, 3.63) is 72.4 Å². The molecule has 0 radical (unpaired) electrons. The zero-order valence-corrected chi connectivity index (χ0v) is 15.8. The fraction of sp³-hybridized carbons (Fsp3) is 0.182. The predicted molar refractivity (Wildman–Crippen MR) is 106 cm³/mol. The number of methoxy groups -OCH3 is 1. The molecule has 0 saturated heterocycles. The van der Waals surface area contributed by atoms with E-state index in [0.29, 0.717) is 17.0 Å². The molecule has 28 heavy (non-hydrogen) atoms. The van der Waals surface area contributed by atoms with Gasteiger partial charge in [0.15, 0.2) is 0 Å². The van der Waals surface area contributed by atoms with Gasteiger partial charge in [-0.15, -0.1) is 0 Å². The van der Waals surface area contributed by atoms with Gasteiger partial charge in [0, 0.05) is 23.0 Å². The van der Waals surface area contributed by atoms with Crippen LogP contribution in [0.1, 0.15) is 19.4 Å². The molecule has 0 unspecified atom stereocenters. The van der Waals surface area contributed by atoms with E-state index in [1.54, 1.807) is 50.6 Å². The summed E-state index contributed by atoms with van der Waals surface area (Å²) in [6.07, 6.45) is 3.30. The van der Waals surface area contributed by atoms with Crippen LogP contribution in [0, 0.1) is 5.82 Å². The van der Waals surface area contributed by atoms with Crippen molar-refractivity contribution < 1.29 is 14.2 Å². The number of nitrogens with zero attached hydrogens (tertiary/aromatic N) is 3. The van der Waals surface area contributed by atoms with Crippen LogP contribution in [-0.4, -0.2) is 26.8 Å². The largest absolute Gasteiger partial charge is 0.481 e. The van der Waals surface area contributed by atoms with Gasteiger partial charge in [0.1, 0.15) is 12.1 Å². The molecule has 2 aromatic heterocycles. The molecule has 4 aromatic rings. The number of pyridine rings is 1. The lowest BCUT2D eigenvalue weighted by molar-refractivity contribution is 0.0787. The molecule has 0 bridgehead atoms. The molecule has 0 aliphatic carbocycles. The summed E-state index contributed by atoms with van der Waals surface area (Å²) in [5.41, 5.74) is 3.20. The van der Waals surface area contributed by atoms with E-state index in [1.807, 2.05) is 22.8 Å². The minimum Gasteiger partial charge on any atom is -0.481 e. The summed E-state index contributed by atoms with van der Waals surface area (Å²) < 4.78 is 21.7. The lowest BCUT2D eigenvalue weighted by Crippen LogP contribution is -2.15. The molecule has 0 spiro atoms. The van der Waals surface area contributed by atoms with Gasteiger partial charge < -0.3 is 9.84 Å². The summed E-state index contributed by atoms with van der Waals surface area (Å²) >= 11 is 0. The number of rotatable bonds is 4. The van der Waals surface area contributed by atoms with E-state index in [9.17, 15) is 9.50 Å². The highest BCUT2D eigenvalue weighted by Crippen LogP contribution is 2.32. The average Bonchev–Trinajstić information content (AvgIpc) is 3.11. The normalized spacial score (nSPS) is 11.8. The Morgan fingerprint density at radius 1 is 1.04 bits per heavy atom. The molecule has 0 amide bonds. The second-order valence-corrected chi connectivity index (χ2v) is 7.10. The molecule has 5 nitrogen and oxygen atoms in total. The SMILES string of the molecule is COc1ncccc1-c1cc(-n2cnc3cc(C(C)(C)O)ccc32)ccc1F. The third-order valence-corrected chi connectivity index (χ3v) is 4.74. The van der Waals surface area contributed by atoms with Gasteiger partial charge in [0.2, 0.25) is 5.88 Å². The number of aromatic nitrogens is 3. The van der Waals surface area contributed by atoms with E-state index in [-0.39, 0.29) is 5.82 Å². The number of aliphatic hydroxyl groups is 1. The Hall–Kier alpha value is -3.25. The van der Waals surface area contributed by atoms with E-state index in [4.69, 9.17) is 4.74 Å². The van der Waals surface area contributed by atoms with Crippen LogP contribution in [0.2, 0.25) is 0 Å². The highest BCUT2D eigenvalue weighted by atomic mass is 19.1. The monoisotopic (exact) mass is 377 g/mol. The molecule has 0 saturated carbocycles. The van der Waals surface area contributed by atoms with Crippen molar-refractivity contribution in [3.8, 4) is 22.7 Å². The Balaban J connectivity index is 1.85. The third-order valence-electron chi connectivity index (χ3n) is 4.74. The standard InChI is InChI=1S/C22H20FN3O2/c1-22(2,27)14-6-9-20-19(11-14)25-13-26(20)15-7-8-18(23)17(12-15)16-5-4-10-24-21(16)28-3/h4-13,27H,1-3H3. The molecule has 1 N–H and O–H groups in total. The maximum Gasteiger partial charge on any atom is 0.221 e. The molecule has 0 aliphatic rings. The van der Waals surface area contributed by atoms with Gasteiger partial charge in [-0.2, -0.15) is 0 Å². The van der Waals surface area contributed by atoms with E-state index >= 15 is 0 Å². The van der Waals surface area contributed by atoms with Crippen molar-refractivity contribution >= 4 is 11.0 Å². The molecule has 0 aliphatic heterocycles. The number of hydrogen-bond acceptors (Lipinski definition) is 4. The topological polar surface area (TPSA) is 60.2 Å². The summed E-state index contributed by atoms with van der Waals surface area (Å²) in [5, 5.41) is 10.2. The summed E-state index contributed by atoms with van der Waals surface area (Å²) in [6, 6.07) is 14.0. The number of hydrogen-bond donors (Lipinski definition) is 1. The number of ether oxygens (including phenoxy) is 1. The molecule has 0 fully saturated rings. The zero-order chi connectivity index (χ0) is 19.9. The number of imidazole rings is 1. The molecule has 142 valence electrons. The van der Waals surface area contributed by atoms with E-state index in [1.165, 1.54) is 13.2 Å². The van der Waals surface area contributed by atoms with Crippen LogP contribution < -0.4 is 4.74 Å². The molecule has 4 rings (SSSR count). The lowest BCUT2D eigenvalue weighted by atomic mass is 9.98. The Morgan fingerprint density at radius 2 is 1.86 bits per heavy atom. The van der Waals surface area contributed by atoms with Crippen LogP contribution >= 0.6 is 0 Å². The highest BCUT2D eigenvalue weighted by Gasteiger charge is 2.18. The molecule has 2 heterocycles. The molecular weight excluding hydrogens is 357 g/mol. The summed E-state index contributed by atoms with van der Waals surface area (Å²) in [5.74, 6) is 0.00708. The molecule has 2 aromatic carbocycles. The van der Waals surface area contributed by atoms with Gasteiger partial charge in [-0.25, -0.2) is 14.4 Å². The Kier molecular flexibility index (Phi) is 4.35. The quantitative estimate of drug-likeness (QED) is 0.570. The first-order valence-corrected chi connectivity index (χ1v) is 8.88.